The van der Waals surface area contributed by atoms with Crippen LogP contribution in [0.25, 0.3) is 16.3 Å². The van der Waals surface area contributed by atoms with Crippen LogP contribution in [0.2, 0.25) is 0 Å². The average Bonchev–Trinajstić information content (AvgIpc) is 3.11. The molecule has 0 unspecified atom stereocenters. The Morgan fingerprint density at radius 1 is 1.16 bits per heavy atom. The zero-order valence-corrected chi connectivity index (χ0v) is 14.4. The molecule has 2 N–H and O–H groups in total. The van der Waals surface area contributed by atoms with E-state index >= 15 is 0 Å². The highest BCUT2D eigenvalue weighted by atomic mass is 32.2. The molecule has 132 valence electrons. The lowest BCUT2D eigenvalue weighted by molar-refractivity contribution is -0.141. The Morgan fingerprint density at radius 2 is 1.80 bits per heavy atom. The smallest absolute Gasteiger partial charge is 0.232 e. The van der Waals surface area contributed by atoms with Crippen molar-refractivity contribution in [2.45, 2.75) is 18.0 Å². The fraction of sp³-hybridized carbons (Fsp3) is 0.133. The maximum absolute atomic E-state index is 13.1. The standard InChI is InChI=1S/C15H12F3N3O2S2/c1-9-6-7-24-14(9)12-8-13(15(16,17)18)20-21(12)10-2-4-11(5-3-10)25(19,22)23/h2-8H,1H3,(H2,19,22,23). The van der Waals surface area contributed by atoms with Gasteiger partial charge >= 0.3 is 6.18 Å². The number of primary sulfonamides is 1. The summed E-state index contributed by atoms with van der Waals surface area (Å²) >= 11 is 1.30. The minimum absolute atomic E-state index is 0.131. The number of hydrogen-bond donors (Lipinski definition) is 1. The molecular formula is C15H12F3N3O2S2. The van der Waals surface area contributed by atoms with Gasteiger partial charge in [-0.05, 0) is 54.3 Å². The van der Waals surface area contributed by atoms with Gasteiger partial charge < -0.3 is 0 Å². The fourth-order valence-corrected chi connectivity index (χ4v) is 3.73. The van der Waals surface area contributed by atoms with Crippen molar-refractivity contribution in [1.82, 2.24) is 9.78 Å². The molecule has 0 spiro atoms. The quantitative estimate of drug-likeness (QED) is 0.746. The van der Waals surface area contributed by atoms with Gasteiger partial charge in [-0.3, -0.25) is 0 Å². The predicted octanol–water partition coefficient (Wildman–Crippen LogP) is 3.58. The van der Waals surface area contributed by atoms with Gasteiger partial charge in [0, 0.05) is 0 Å². The summed E-state index contributed by atoms with van der Waals surface area (Å²) in [5.74, 6) is 0. The molecule has 25 heavy (non-hydrogen) atoms. The summed E-state index contributed by atoms with van der Waals surface area (Å²) in [6.07, 6.45) is -4.59. The summed E-state index contributed by atoms with van der Waals surface area (Å²) in [6.45, 7) is 1.79. The van der Waals surface area contributed by atoms with Gasteiger partial charge in [0.2, 0.25) is 10.0 Å². The Labute approximate surface area is 145 Å². The van der Waals surface area contributed by atoms with Gasteiger partial charge in [-0.15, -0.1) is 11.3 Å². The van der Waals surface area contributed by atoms with E-state index in [4.69, 9.17) is 5.14 Å². The molecule has 5 nitrogen and oxygen atoms in total. The maximum atomic E-state index is 13.1. The topological polar surface area (TPSA) is 78.0 Å². The highest BCUT2D eigenvalue weighted by Gasteiger charge is 2.35. The van der Waals surface area contributed by atoms with Gasteiger partial charge in [0.15, 0.2) is 5.69 Å². The van der Waals surface area contributed by atoms with Crippen molar-refractivity contribution in [2.75, 3.05) is 0 Å². The summed E-state index contributed by atoms with van der Waals surface area (Å²) in [6, 6.07) is 7.95. The molecule has 3 rings (SSSR count). The van der Waals surface area contributed by atoms with Crippen LogP contribution in [0.4, 0.5) is 13.2 Å². The SMILES string of the molecule is Cc1ccsc1-c1cc(C(F)(F)F)nn1-c1ccc(S(N)(=O)=O)cc1. The molecule has 0 radical (unpaired) electrons. The first kappa shape index (κ1) is 17.6. The zero-order chi connectivity index (χ0) is 18.4. The zero-order valence-electron chi connectivity index (χ0n) is 12.8. The highest BCUT2D eigenvalue weighted by Crippen LogP contribution is 2.36. The van der Waals surface area contributed by atoms with E-state index in [0.29, 0.717) is 10.6 Å². The molecule has 0 saturated carbocycles. The Bertz CT molecular complexity index is 1020. The van der Waals surface area contributed by atoms with Crippen LogP contribution in [0.5, 0.6) is 0 Å². The first-order chi connectivity index (χ1) is 11.6. The Balaban J connectivity index is 2.18. The van der Waals surface area contributed by atoms with Crippen molar-refractivity contribution >= 4 is 21.4 Å². The number of hydrogen-bond acceptors (Lipinski definition) is 4. The lowest BCUT2D eigenvalue weighted by atomic mass is 10.2. The summed E-state index contributed by atoms with van der Waals surface area (Å²) in [4.78, 5) is 0.520. The van der Waals surface area contributed by atoms with E-state index in [9.17, 15) is 21.6 Å². The number of rotatable bonds is 3. The maximum Gasteiger partial charge on any atom is 0.435 e. The van der Waals surface area contributed by atoms with Crippen molar-refractivity contribution in [3.05, 3.63) is 53.0 Å². The summed E-state index contributed by atoms with van der Waals surface area (Å²) in [5.41, 5.74) is 0.376. The first-order valence-electron chi connectivity index (χ1n) is 6.92. The van der Waals surface area contributed by atoms with E-state index in [1.54, 1.807) is 18.4 Å². The number of nitrogens with two attached hydrogens (primary N) is 1. The molecule has 2 heterocycles. The molecule has 0 aliphatic carbocycles. The molecule has 0 saturated heterocycles. The number of sulfonamides is 1. The number of aryl methyl sites for hydroxylation is 1. The van der Waals surface area contributed by atoms with E-state index in [-0.39, 0.29) is 10.6 Å². The minimum atomic E-state index is -4.59. The third kappa shape index (κ3) is 3.46. The number of thiophene rings is 1. The van der Waals surface area contributed by atoms with Gasteiger partial charge in [0.1, 0.15) is 0 Å². The third-order valence-corrected chi connectivity index (χ3v) is 5.47. The Kier molecular flexibility index (Phi) is 4.21. The van der Waals surface area contributed by atoms with E-state index in [2.05, 4.69) is 5.10 Å². The van der Waals surface area contributed by atoms with Crippen molar-refractivity contribution < 1.29 is 21.6 Å². The second kappa shape index (κ2) is 5.97. The highest BCUT2D eigenvalue weighted by molar-refractivity contribution is 7.89. The largest absolute Gasteiger partial charge is 0.435 e. The van der Waals surface area contributed by atoms with Gasteiger partial charge in [-0.1, -0.05) is 0 Å². The van der Waals surface area contributed by atoms with Crippen LogP contribution in [0.1, 0.15) is 11.3 Å². The second-order valence-corrected chi connectivity index (χ2v) is 7.77. The van der Waals surface area contributed by atoms with E-state index in [0.717, 1.165) is 16.3 Å². The average molecular weight is 387 g/mol. The fourth-order valence-electron chi connectivity index (χ4n) is 2.29. The second-order valence-electron chi connectivity index (χ2n) is 5.30. The Morgan fingerprint density at radius 3 is 2.28 bits per heavy atom. The predicted molar refractivity (Wildman–Crippen MR) is 88.0 cm³/mol. The van der Waals surface area contributed by atoms with E-state index in [1.165, 1.54) is 35.6 Å². The molecular weight excluding hydrogens is 375 g/mol. The normalized spacial score (nSPS) is 12.5. The number of alkyl halides is 3. The van der Waals surface area contributed by atoms with E-state index in [1.807, 2.05) is 0 Å². The van der Waals surface area contributed by atoms with Crippen LogP contribution >= 0.6 is 11.3 Å². The number of nitrogens with zero attached hydrogens (tertiary/aromatic N) is 2. The summed E-state index contributed by atoms with van der Waals surface area (Å²) in [5, 5.41) is 10.5. The van der Waals surface area contributed by atoms with Crippen LogP contribution in [0.3, 0.4) is 0 Å². The monoisotopic (exact) mass is 387 g/mol. The lowest BCUT2D eigenvalue weighted by Crippen LogP contribution is -2.12. The molecule has 0 fully saturated rings. The molecule has 0 aliphatic heterocycles. The minimum Gasteiger partial charge on any atom is -0.232 e. The molecule has 0 amide bonds. The molecule has 0 aliphatic rings. The summed E-state index contributed by atoms with van der Waals surface area (Å²) < 4.78 is 63.1. The van der Waals surface area contributed by atoms with Crippen molar-refractivity contribution in [3.63, 3.8) is 0 Å². The van der Waals surface area contributed by atoms with Crippen molar-refractivity contribution in [2.24, 2.45) is 5.14 Å². The van der Waals surface area contributed by atoms with Gasteiger partial charge in [0.25, 0.3) is 0 Å². The number of benzene rings is 1. The van der Waals surface area contributed by atoms with Crippen LogP contribution in [-0.2, 0) is 16.2 Å². The first-order valence-corrected chi connectivity index (χ1v) is 9.35. The van der Waals surface area contributed by atoms with Gasteiger partial charge in [0.05, 0.1) is 21.2 Å². The Hall–Kier alpha value is -2.17. The summed E-state index contributed by atoms with van der Waals surface area (Å²) in [7, 11) is -3.89. The molecule has 0 atom stereocenters. The van der Waals surface area contributed by atoms with Crippen LogP contribution in [0, 0.1) is 6.92 Å². The van der Waals surface area contributed by atoms with E-state index < -0.39 is 21.9 Å². The van der Waals surface area contributed by atoms with Gasteiger partial charge in [-0.25, -0.2) is 18.2 Å². The van der Waals surface area contributed by atoms with Crippen molar-refractivity contribution in [3.8, 4) is 16.3 Å². The number of halogens is 3. The molecule has 3 aromatic rings. The molecule has 2 aromatic heterocycles. The molecule has 1 aromatic carbocycles. The molecule has 10 heteroatoms. The third-order valence-electron chi connectivity index (χ3n) is 3.50. The molecule has 0 bridgehead atoms. The van der Waals surface area contributed by atoms with Crippen molar-refractivity contribution in [1.29, 1.82) is 0 Å². The number of aromatic nitrogens is 2. The van der Waals surface area contributed by atoms with Crippen LogP contribution in [0.15, 0.2) is 46.7 Å². The van der Waals surface area contributed by atoms with Gasteiger partial charge in [-0.2, -0.15) is 18.3 Å². The van der Waals surface area contributed by atoms with Crippen LogP contribution in [-0.4, -0.2) is 18.2 Å². The lowest BCUT2D eigenvalue weighted by Gasteiger charge is -2.08. The van der Waals surface area contributed by atoms with Crippen LogP contribution < -0.4 is 5.14 Å².